The van der Waals surface area contributed by atoms with Crippen molar-refractivity contribution in [3.8, 4) is 0 Å². The fraction of sp³-hybridized carbons (Fsp3) is 0.310. The number of aryl methyl sites for hydroxylation is 2. The molecular formula is C29H31N3O. The lowest BCUT2D eigenvalue weighted by molar-refractivity contribution is -0.112. The van der Waals surface area contributed by atoms with Crippen LogP contribution in [0.3, 0.4) is 0 Å². The van der Waals surface area contributed by atoms with E-state index in [0.717, 1.165) is 47.6 Å². The molecule has 4 heteroatoms. The lowest BCUT2D eigenvalue weighted by Gasteiger charge is -2.34. The molecule has 2 aliphatic heterocycles. The maximum absolute atomic E-state index is 13.5. The second kappa shape index (κ2) is 9.32. The maximum Gasteiger partial charge on any atom is 0.278 e. The molecule has 5 rings (SSSR count). The van der Waals surface area contributed by atoms with E-state index < -0.39 is 0 Å². The van der Waals surface area contributed by atoms with Crippen LogP contribution in [0, 0.1) is 19.8 Å². The number of likely N-dealkylation sites (tertiary alicyclic amines) is 1. The monoisotopic (exact) mass is 437 g/mol. The molecule has 0 radical (unpaired) electrons. The number of carbonyl (C=O) groups is 1. The predicted molar refractivity (Wildman–Crippen MR) is 135 cm³/mol. The Morgan fingerprint density at radius 2 is 1.52 bits per heavy atom. The first-order chi connectivity index (χ1) is 16.1. The minimum absolute atomic E-state index is 0.00487. The zero-order chi connectivity index (χ0) is 22.8. The molecule has 0 N–H and O–H groups in total. The number of carbonyl (C=O) groups excluding carboxylic acids is 1. The topological polar surface area (TPSA) is 35.9 Å². The van der Waals surface area contributed by atoms with Crippen LogP contribution in [0.2, 0.25) is 0 Å². The van der Waals surface area contributed by atoms with Crippen molar-refractivity contribution in [3.63, 3.8) is 0 Å². The zero-order valence-corrected chi connectivity index (χ0v) is 19.5. The SMILES string of the molecule is Cc1cccc(C)c1N=C1C(=O)N(CN2CCC(Cc3ccccc3)CC2)c2ccccc21. The highest BCUT2D eigenvalue weighted by atomic mass is 16.2. The molecule has 0 atom stereocenters. The summed E-state index contributed by atoms with van der Waals surface area (Å²) in [6.45, 7) is 6.77. The van der Waals surface area contributed by atoms with Gasteiger partial charge in [-0.2, -0.15) is 0 Å². The highest BCUT2D eigenvalue weighted by Crippen LogP contribution is 2.33. The van der Waals surface area contributed by atoms with Gasteiger partial charge in [0.25, 0.3) is 5.91 Å². The van der Waals surface area contributed by atoms with E-state index in [0.29, 0.717) is 18.3 Å². The van der Waals surface area contributed by atoms with Crippen molar-refractivity contribution < 1.29 is 4.79 Å². The van der Waals surface area contributed by atoms with Crippen molar-refractivity contribution in [3.05, 3.63) is 95.1 Å². The van der Waals surface area contributed by atoms with Gasteiger partial charge in [-0.1, -0.05) is 66.7 Å². The van der Waals surface area contributed by atoms with E-state index in [1.807, 2.05) is 35.2 Å². The Balaban J connectivity index is 1.32. The average Bonchev–Trinajstić information content (AvgIpc) is 3.09. The number of aliphatic imine (C=N–C) groups is 1. The van der Waals surface area contributed by atoms with Crippen molar-refractivity contribution in [1.29, 1.82) is 0 Å². The van der Waals surface area contributed by atoms with Crippen LogP contribution >= 0.6 is 0 Å². The molecule has 1 saturated heterocycles. The maximum atomic E-state index is 13.5. The lowest BCUT2D eigenvalue weighted by Crippen LogP contribution is -2.44. The highest BCUT2D eigenvalue weighted by Gasteiger charge is 2.35. The second-order valence-electron chi connectivity index (χ2n) is 9.34. The van der Waals surface area contributed by atoms with Gasteiger partial charge < -0.3 is 0 Å². The summed E-state index contributed by atoms with van der Waals surface area (Å²) < 4.78 is 0. The fourth-order valence-electron chi connectivity index (χ4n) is 5.08. The molecule has 0 unspecified atom stereocenters. The third-order valence-electron chi connectivity index (χ3n) is 6.98. The molecule has 2 aliphatic rings. The third kappa shape index (κ3) is 4.49. The first-order valence-corrected chi connectivity index (χ1v) is 11.9. The lowest BCUT2D eigenvalue weighted by atomic mass is 9.90. The fourth-order valence-corrected chi connectivity index (χ4v) is 5.08. The number of rotatable bonds is 5. The number of anilines is 1. The number of piperidine rings is 1. The number of nitrogens with zero attached hydrogens (tertiary/aromatic N) is 3. The van der Waals surface area contributed by atoms with Gasteiger partial charge in [-0.05, 0) is 61.8 Å². The van der Waals surface area contributed by atoms with Crippen LogP contribution in [0.4, 0.5) is 11.4 Å². The van der Waals surface area contributed by atoms with Gasteiger partial charge in [0.15, 0.2) is 0 Å². The highest BCUT2D eigenvalue weighted by molar-refractivity contribution is 6.54. The number of hydrogen-bond donors (Lipinski definition) is 0. The van der Waals surface area contributed by atoms with Gasteiger partial charge in [-0.3, -0.25) is 14.6 Å². The molecule has 3 aromatic rings. The van der Waals surface area contributed by atoms with E-state index in [-0.39, 0.29) is 5.91 Å². The first-order valence-electron chi connectivity index (χ1n) is 11.9. The molecule has 1 fully saturated rings. The van der Waals surface area contributed by atoms with Crippen molar-refractivity contribution in [2.45, 2.75) is 33.1 Å². The summed E-state index contributed by atoms with van der Waals surface area (Å²) in [6.07, 6.45) is 3.48. The number of amides is 1. The Morgan fingerprint density at radius 3 is 2.24 bits per heavy atom. The van der Waals surface area contributed by atoms with E-state index in [4.69, 9.17) is 4.99 Å². The smallest absolute Gasteiger partial charge is 0.278 e. The zero-order valence-electron chi connectivity index (χ0n) is 19.5. The van der Waals surface area contributed by atoms with Crippen LogP contribution in [0.25, 0.3) is 0 Å². The molecule has 33 heavy (non-hydrogen) atoms. The summed E-state index contributed by atoms with van der Waals surface area (Å²) in [4.78, 5) is 22.8. The summed E-state index contributed by atoms with van der Waals surface area (Å²) in [7, 11) is 0. The number of fused-ring (bicyclic) bond motifs is 1. The van der Waals surface area contributed by atoms with Crippen LogP contribution < -0.4 is 4.90 Å². The van der Waals surface area contributed by atoms with E-state index in [1.165, 1.54) is 18.4 Å². The van der Waals surface area contributed by atoms with Crippen LogP contribution in [0.5, 0.6) is 0 Å². The number of para-hydroxylation sites is 2. The van der Waals surface area contributed by atoms with Crippen LogP contribution in [0.1, 0.15) is 35.1 Å². The second-order valence-corrected chi connectivity index (χ2v) is 9.34. The van der Waals surface area contributed by atoms with Crippen molar-refractivity contribution in [2.24, 2.45) is 10.9 Å². The van der Waals surface area contributed by atoms with Crippen LogP contribution in [0.15, 0.2) is 77.8 Å². The van der Waals surface area contributed by atoms with Gasteiger partial charge in [0.1, 0.15) is 5.71 Å². The van der Waals surface area contributed by atoms with Crippen molar-refractivity contribution in [1.82, 2.24) is 4.90 Å². The molecule has 0 spiro atoms. The Morgan fingerprint density at radius 1 is 0.848 bits per heavy atom. The number of benzene rings is 3. The molecule has 2 heterocycles. The Kier molecular flexibility index (Phi) is 6.10. The van der Waals surface area contributed by atoms with Gasteiger partial charge in [-0.25, -0.2) is 4.99 Å². The molecule has 168 valence electrons. The van der Waals surface area contributed by atoms with Gasteiger partial charge in [0, 0.05) is 18.7 Å². The number of hydrogen-bond acceptors (Lipinski definition) is 3. The molecular weight excluding hydrogens is 406 g/mol. The largest absolute Gasteiger partial charge is 0.293 e. The minimum Gasteiger partial charge on any atom is -0.293 e. The normalized spacial score (nSPS) is 18.2. The third-order valence-corrected chi connectivity index (χ3v) is 6.98. The van der Waals surface area contributed by atoms with E-state index in [9.17, 15) is 4.79 Å². The summed E-state index contributed by atoms with van der Waals surface area (Å²) in [5.74, 6) is 0.719. The Bertz CT molecular complexity index is 1160. The molecule has 0 aromatic heterocycles. The summed E-state index contributed by atoms with van der Waals surface area (Å²) >= 11 is 0. The van der Waals surface area contributed by atoms with Gasteiger partial charge >= 0.3 is 0 Å². The first kappa shape index (κ1) is 21.6. The molecule has 0 saturated carbocycles. The molecule has 0 aliphatic carbocycles. The molecule has 3 aromatic carbocycles. The molecule has 4 nitrogen and oxygen atoms in total. The van der Waals surface area contributed by atoms with E-state index in [1.54, 1.807) is 0 Å². The van der Waals surface area contributed by atoms with E-state index >= 15 is 0 Å². The van der Waals surface area contributed by atoms with E-state index in [2.05, 4.69) is 61.2 Å². The minimum atomic E-state index is 0.00487. The standard InChI is InChI=1S/C29H31N3O/c1-21-9-8-10-22(2)27(21)30-28-25-13-6-7-14-26(25)32(29(28)33)20-31-17-15-24(16-18-31)19-23-11-4-3-5-12-23/h3-14,24H,15-20H2,1-2H3. The quantitative estimate of drug-likeness (QED) is 0.515. The van der Waals surface area contributed by atoms with Gasteiger partial charge in [0.2, 0.25) is 0 Å². The molecule has 1 amide bonds. The summed E-state index contributed by atoms with van der Waals surface area (Å²) in [5.41, 5.74) is 6.97. The Labute approximate surface area is 196 Å². The van der Waals surface area contributed by atoms with Crippen LogP contribution in [-0.4, -0.2) is 36.3 Å². The van der Waals surface area contributed by atoms with Gasteiger partial charge in [0.05, 0.1) is 18.0 Å². The predicted octanol–water partition coefficient (Wildman–Crippen LogP) is 5.68. The van der Waals surface area contributed by atoms with Gasteiger partial charge in [-0.15, -0.1) is 0 Å². The van der Waals surface area contributed by atoms with Crippen molar-refractivity contribution in [2.75, 3.05) is 24.7 Å². The summed E-state index contributed by atoms with van der Waals surface area (Å²) in [5, 5.41) is 0. The Hall–Kier alpha value is -3.24. The average molecular weight is 438 g/mol. The van der Waals surface area contributed by atoms with Crippen LogP contribution in [-0.2, 0) is 11.2 Å². The summed E-state index contributed by atoms with van der Waals surface area (Å²) in [6, 6.07) is 25.0. The molecule has 0 bridgehead atoms. The van der Waals surface area contributed by atoms with Crippen molar-refractivity contribution >= 4 is 23.0 Å².